The van der Waals surface area contributed by atoms with Crippen LogP contribution in [0.5, 0.6) is 0 Å². The average molecular weight is 216 g/mol. The minimum atomic E-state index is -0.389. The standard InChI is InChI=1S/C14H16O2/c1-9(2)7-14-11-6-10(3)4-5-13(11,14)8-16-12(14)15/h4-7,11H,8H2,1-3H3/t11-,13-,14-/m0/s1. The lowest BCUT2D eigenvalue weighted by Gasteiger charge is -2.11. The van der Waals surface area contributed by atoms with E-state index in [4.69, 9.17) is 4.74 Å². The van der Waals surface area contributed by atoms with E-state index >= 15 is 0 Å². The fourth-order valence-electron chi connectivity index (χ4n) is 3.35. The highest BCUT2D eigenvalue weighted by molar-refractivity contribution is 5.90. The van der Waals surface area contributed by atoms with Crippen LogP contribution >= 0.6 is 0 Å². The van der Waals surface area contributed by atoms with Gasteiger partial charge in [0.1, 0.15) is 12.0 Å². The molecule has 0 N–H and O–H groups in total. The fraction of sp³-hybridized carbons (Fsp3) is 0.500. The number of cyclic esters (lactones) is 1. The first-order valence-electron chi connectivity index (χ1n) is 5.74. The van der Waals surface area contributed by atoms with E-state index in [1.165, 1.54) is 11.1 Å². The molecule has 84 valence electrons. The Kier molecular flexibility index (Phi) is 1.65. The molecule has 3 aliphatic rings. The number of ether oxygens (including phenoxy) is 1. The number of esters is 1. The number of carbonyl (C=O) groups is 1. The Morgan fingerprint density at radius 3 is 3.00 bits per heavy atom. The molecule has 2 aliphatic carbocycles. The highest BCUT2D eigenvalue weighted by atomic mass is 16.5. The van der Waals surface area contributed by atoms with Gasteiger partial charge in [-0.1, -0.05) is 35.5 Å². The van der Waals surface area contributed by atoms with Gasteiger partial charge in [0.2, 0.25) is 0 Å². The van der Waals surface area contributed by atoms with Crippen LogP contribution in [-0.2, 0) is 9.53 Å². The maximum Gasteiger partial charge on any atom is 0.317 e. The average Bonchev–Trinajstić information content (AvgIpc) is 2.66. The Bertz CT molecular complexity index is 465. The molecule has 0 unspecified atom stereocenters. The number of carbonyl (C=O) groups excluding carboxylic acids is 1. The van der Waals surface area contributed by atoms with Crippen LogP contribution in [0, 0.1) is 16.7 Å². The normalized spacial score (nSPS) is 43.1. The lowest BCUT2D eigenvalue weighted by Crippen LogP contribution is -2.15. The molecule has 3 atom stereocenters. The molecule has 2 heteroatoms. The van der Waals surface area contributed by atoms with E-state index in [2.05, 4.69) is 31.2 Å². The van der Waals surface area contributed by atoms with Gasteiger partial charge < -0.3 is 4.74 Å². The van der Waals surface area contributed by atoms with Gasteiger partial charge in [0.15, 0.2) is 0 Å². The summed E-state index contributed by atoms with van der Waals surface area (Å²) < 4.78 is 5.25. The third kappa shape index (κ3) is 0.868. The van der Waals surface area contributed by atoms with Crippen molar-refractivity contribution in [2.24, 2.45) is 16.7 Å². The third-order valence-electron chi connectivity index (χ3n) is 4.10. The van der Waals surface area contributed by atoms with Crippen molar-refractivity contribution in [3.8, 4) is 0 Å². The number of hydrogen-bond donors (Lipinski definition) is 0. The van der Waals surface area contributed by atoms with Gasteiger partial charge in [-0.25, -0.2) is 0 Å². The molecular weight excluding hydrogens is 200 g/mol. The number of fused-ring (bicyclic) bond motifs is 1. The van der Waals surface area contributed by atoms with Gasteiger partial charge >= 0.3 is 5.97 Å². The highest BCUT2D eigenvalue weighted by Gasteiger charge is 2.82. The molecule has 0 bridgehead atoms. The predicted octanol–water partition coefficient (Wildman–Crippen LogP) is 2.63. The molecule has 2 nitrogen and oxygen atoms in total. The zero-order chi connectivity index (χ0) is 11.6. The van der Waals surface area contributed by atoms with Crippen LogP contribution in [0.3, 0.4) is 0 Å². The topological polar surface area (TPSA) is 26.3 Å². The molecule has 1 saturated carbocycles. The summed E-state index contributed by atoms with van der Waals surface area (Å²) >= 11 is 0. The van der Waals surface area contributed by atoms with Gasteiger partial charge in [0.05, 0.1) is 5.41 Å². The van der Waals surface area contributed by atoms with E-state index in [-0.39, 0.29) is 16.8 Å². The van der Waals surface area contributed by atoms with Gasteiger partial charge in [-0.3, -0.25) is 4.79 Å². The molecule has 0 amide bonds. The van der Waals surface area contributed by atoms with Crippen molar-refractivity contribution in [3.05, 3.63) is 35.5 Å². The van der Waals surface area contributed by atoms with Crippen LogP contribution in [0.15, 0.2) is 35.5 Å². The maximum absolute atomic E-state index is 12.0. The molecule has 1 heterocycles. The molecule has 3 rings (SSSR count). The molecule has 1 aliphatic heterocycles. The van der Waals surface area contributed by atoms with Crippen LogP contribution < -0.4 is 0 Å². The maximum atomic E-state index is 12.0. The second kappa shape index (κ2) is 2.68. The quantitative estimate of drug-likeness (QED) is 0.497. The van der Waals surface area contributed by atoms with Crippen LogP contribution in [0.1, 0.15) is 20.8 Å². The summed E-state index contributed by atoms with van der Waals surface area (Å²) in [6.07, 6.45) is 8.61. The van der Waals surface area contributed by atoms with Crippen LogP contribution in [0.2, 0.25) is 0 Å². The predicted molar refractivity (Wildman–Crippen MR) is 61.6 cm³/mol. The number of rotatable bonds is 1. The van der Waals surface area contributed by atoms with Crippen LogP contribution in [-0.4, -0.2) is 12.6 Å². The Morgan fingerprint density at radius 1 is 1.56 bits per heavy atom. The highest BCUT2D eigenvalue weighted by Crippen LogP contribution is 2.76. The van der Waals surface area contributed by atoms with E-state index in [1.54, 1.807) is 0 Å². The van der Waals surface area contributed by atoms with E-state index in [0.717, 1.165) is 0 Å². The zero-order valence-corrected chi connectivity index (χ0v) is 9.91. The summed E-state index contributed by atoms with van der Waals surface area (Å²) in [5.74, 6) is 0.274. The van der Waals surface area contributed by atoms with Gasteiger partial charge in [-0.2, -0.15) is 0 Å². The van der Waals surface area contributed by atoms with Crippen molar-refractivity contribution in [2.45, 2.75) is 20.8 Å². The number of hydrogen-bond acceptors (Lipinski definition) is 2. The molecule has 0 aromatic rings. The van der Waals surface area contributed by atoms with Crippen molar-refractivity contribution in [2.75, 3.05) is 6.61 Å². The van der Waals surface area contributed by atoms with E-state index in [0.29, 0.717) is 12.5 Å². The summed E-state index contributed by atoms with van der Waals surface area (Å²) in [5, 5.41) is 0. The molecule has 1 saturated heterocycles. The van der Waals surface area contributed by atoms with Crippen molar-refractivity contribution in [1.82, 2.24) is 0 Å². The van der Waals surface area contributed by atoms with E-state index < -0.39 is 0 Å². The first kappa shape index (κ1) is 9.88. The summed E-state index contributed by atoms with van der Waals surface area (Å²) in [7, 11) is 0. The smallest absolute Gasteiger partial charge is 0.317 e. The monoisotopic (exact) mass is 216 g/mol. The Morgan fingerprint density at radius 2 is 2.31 bits per heavy atom. The van der Waals surface area contributed by atoms with Crippen molar-refractivity contribution < 1.29 is 9.53 Å². The molecule has 1 spiro atoms. The summed E-state index contributed by atoms with van der Waals surface area (Å²) in [4.78, 5) is 12.0. The largest absolute Gasteiger partial charge is 0.464 e. The Labute approximate surface area is 95.7 Å². The molecule has 0 aromatic heterocycles. The van der Waals surface area contributed by atoms with Crippen molar-refractivity contribution in [1.29, 1.82) is 0 Å². The second-order valence-corrected chi connectivity index (χ2v) is 5.43. The van der Waals surface area contributed by atoms with Gasteiger partial charge in [-0.15, -0.1) is 0 Å². The second-order valence-electron chi connectivity index (χ2n) is 5.43. The van der Waals surface area contributed by atoms with Crippen LogP contribution in [0.25, 0.3) is 0 Å². The first-order chi connectivity index (χ1) is 7.53. The molecule has 0 radical (unpaired) electrons. The van der Waals surface area contributed by atoms with Crippen molar-refractivity contribution in [3.63, 3.8) is 0 Å². The minimum absolute atomic E-state index is 0.0469. The van der Waals surface area contributed by atoms with Gasteiger partial charge in [-0.05, 0) is 20.8 Å². The first-order valence-corrected chi connectivity index (χ1v) is 5.74. The van der Waals surface area contributed by atoms with Gasteiger partial charge in [0.25, 0.3) is 0 Å². The minimum Gasteiger partial charge on any atom is -0.464 e. The lowest BCUT2D eigenvalue weighted by molar-refractivity contribution is -0.144. The summed E-state index contributed by atoms with van der Waals surface area (Å²) in [6, 6.07) is 0. The van der Waals surface area contributed by atoms with E-state index in [9.17, 15) is 4.79 Å². The van der Waals surface area contributed by atoms with E-state index in [1.807, 2.05) is 13.8 Å². The molecular formula is C14H16O2. The molecule has 16 heavy (non-hydrogen) atoms. The Balaban J connectivity index is 2.13. The Hall–Kier alpha value is -1.31. The summed E-state index contributed by atoms with van der Waals surface area (Å²) in [6.45, 7) is 6.71. The molecule has 0 aromatic carbocycles. The lowest BCUT2D eigenvalue weighted by atomic mass is 9.92. The van der Waals surface area contributed by atoms with Crippen LogP contribution in [0.4, 0.5) is 0 Å². The zero-order valence-electron chi connectivity index (χ0n) is 9.91. The van der Waals surface area contributed by atoms with Crippen molar-refractivity contribution >= 4 is 5.97 Å². The SMILES string of the molecule is CC(C)=C[C@]12C(=O)OC[C@]13C=CC(C)=C[C@@H]32. The third-order valence-corrected chi connectivity index (χ3v) is 4.10. The fourth-order valence-corrected chi connectivity index (χ4v) is 3.35. The number of allylic oxidation sites excluding steroid dienone is 4. The molecule has 2 fully saturated rings. The summed E-state index contributed by atoms with van der Waals surface area (Å²) in [5.41, 5.74) is 1.98. The van der Waals surface area contributed by atoms with Gasteiger partial charge in [0, 0.05) is 5.92 Å².